The van der Waals surface area contributed by atoms with Crippen molar-refractivity contribution in [1.82, 2.24) is 4.98 Å². The summed E-state index contributed by atoms with van der Waals surface area (Å²) >= 11 is 1.44. The predicted octanol–water partition coefficient (Wildman–Crippen LogP) is 4.01. The van der Waals surface area contributed by atoms with Crippen molar-refractivity contribution in [3.05, 3.63) is 59.7 Å². The number of sulfonamides is 1. The van der Waals surface area contributed by atoms with Crippen LogP contribution in [0.4, 0.5) is 10.1 Å². The largest absolute Gasteiger partial charge is 0.274 e. The lowest BCUT2D eigenvalue weighted by Crippen LogP contribution is -2.24. The topological polar surface area (TPSA) is 50.3 Å². The summed E-state index contributed by atoms with van der Waals surface area (Å²) in [6.45, 7) is 0. The average molecular weight is 362 g/mol. The van der Waals surface area contributed by atoms with E-state index in [-0.39, 0.29) is 5.82 Å². The van der Waals surface area contributed by atoms with Gasteiger partial charge in [0, 0.05) is 23.6 Å². The number of nitrogens with zero attached hydrogens (tertiary/aromatic N) is 2. The molecular formula is C17H15FN2O2S2. The summed E-state index contributed by atoms with van der Waals surface area (Å²) in [4.78, 5) is 4.54. The summed E-state index contributed by atoms with van der Waals surface area (Å²) < 4.78 is 37.7. The molecule has 24 heavy (non-hydrogen) atoms. The first-order chi connectivity index (χ1) is 11.3. The molecule has 0 bridgehead atoms. The Bertz CT molecular complexity index is 966. The summed E-state index contributed by atoms with van der Waals surface area (Å²) in [5.41, 5.74) is 2.97. The molecule has 0 amide bonds. The molecule has 1 aromatic heterocycles. The molecule has 0 aliphatic heterocycles. The highest BCUT2D eigenvalue weighted by molar-refractivity contribution is 7.92. The third-order valence-electron chi connectivity index (χ3n) is 3.60. The molecule has 0 spiro atoms. The second-order valence-corrected chi connectivity index (χ2v) is 8.20. The van der Waals surface area contributed by atoms with Crippen molar-refractivity contribution in [1.29, 1.82) is 0 Å². The van der Waals surface area contributed by atoms with Crippen LogP contribution >= 0.6 is 11.3 Å². The van der Waals surface area contributed by atoms with Gasteiger partial charge in [0.05, 0.1) is 17.6 Å². The van der Waals surface area contributed by atoms with Crippen LogP contribution < -0.4 is 4.31 Å². The quantitative estimate of drug-likeness (QED) is 0.704. The van der Waals surface area contributed by atoms with Gasteiger partial charge in [0.2, 0.25) is 10.0 Å². The zero-order valence-corrected chi connectivity index (χ0v) is 14.7. The molecule has 0 saturated carbocycles. The number of rotatable bonds is 4. The normalized spacial score (nSPS) is 11.5. The van der Waals surface area contributed by atoms with E-state index in [1.165, 1.54) is 34.8 Å². The van der Waals surface area contributed by atoms with Gasteiger partial charge in [0.1, 0.15) is 10.8 Å². The van der Waals surface area contributed by atoms with Gasteiger partial charge >= 0.3 is 0 Å². The Morgan fingerprint density at radius 3 is 2.42 bits per heavy atom. The molecule has 3 aromatic rings. The highest BCUT2D eigenvalue weighted by Crippen LogP contribution is 2.30. The molecular weight excluding hydrogens is 347 g/mol. The molecule has 0 radical (unpaired) electrons. The molecule has 7 heteroatoms. The summed E-state index contributed by atoms with van der Waals surface area (Å²) in [5.74, 6) is -0.294. The Hall–Kier alpha value is -2.25. The minimum absolute atomic E-state index is 0.294. The molecule has 124 valence electrons. The van der Waals surface area contributed by atoms with Crippen molar-refractivity contribution < 1.29 is 12.8 Å². The first-order valence-electron chi connectivity index (χ1n) is 7.10. The second-order valence-electron chi connectivity index (χ2n) is 5.33. The molecule has 0 aliphatic rings. The van der Waals surface area contributed by atoms with Gasteiger partial charge < -0.3 is 0 Å². The van der Waals surface area contributed by atoms with Gasteiger partial charge in [0.15, 0.2) is 0 Å². The minimum atomic E-state index is -3.29. The smallest absolute Gasteiger partial charge is 0.231 e. The fourth-order valence-electron chi connectivity index (χ4n) is 2.19. The number of aromatic nitrogens is 1. The van der Waals surface area contributed by atoms with Crippen LogP contribution in [-0.2, 0) is 10.0 Å². The van der Waals surface area contributed by atoms with Gasteiger partial charge in [0.25, 0.3) is 0 Å². The zero-order valence-electron chi connectivity index (χ0n) is 13.1. The Labute approximate surface area is 144 Å². The summed E-state index contributed by atoms with van der Waals surface area (Å²) in [7, 11) is -1.78. The van der Waals surface area contributed by atoms with Crippen LogP contribution in [0.5, 0.6) is 0 Å². The molecule has 0 saturated heterocycles. The van der Waals surface area contributed by atoms with Gasteiger partial charge in [-0.15, -0.1) is 11.3 Å². The second kappa shape index (κ2) is 6.33. The number of thiazole rings is 1. The number of hydrogen-bond acceptors (Lipinski definition) is 4. The number of benzene rings is 2. The molecule has 2 aromatic carbocycles. The van der Waals surface area contributed by atoms with Gasteiger partial charge in [-0.05, 0) is 24.3 Å². The van der Waals surface area contributed by atoms with Crippen molar-refractivity contribution in [3.8, 4) is 21.8 Å². The van der Waals surface area contributed by atoms with Crippen LogP contribution in [-0.4, -0.2) is 26.7 Å². The van der Waals surface area contributed by atoms with Crippen LogP contribution in [0.25, 0.3) is 21.8 Å². The molecule has 0 unspecified atom stereocenters. The van der Waals surface area contributed by atoms with Crippen molar-refractivity contribution in [2.45, 2.75) is 0 Å². The van der Waals surface area contributed by atoms with Crippen LogP contribution in [0, 0.1) is 5.82 Å². The van der Waals surface area contributed by atoms with E-state index in [4.69, 9.17) is 0 Å². The van der Waals surface area contributed by atoms with Crippen LogP contribution in [0.15, 0.2) is 53.9 Å². The number of anilines is 1. The van der Waals surface area contributed by atoms with Crippen LogP contribution in [0.1, 0.15) is 0 Å². The summed E-state index contributed by atoms with van der Waals surface area (Å²) in [5, 5.41) is 2.64. The molecule has 1 heterocycles. The highest BCUT2D eigenvalue weighted by atomic mass is 32.2. The van der Waals surface area contributed by atoms with E-state index in [2.05, 4.69) is 4.98 Å². The van der Waals surface area contributed by atoms with Crippen molar-refractivity contribution in [2.24, 2.45) is 0 Å². The molecule has 4 nitrogen and oxygen atoms in total. The Kier molecular flexibility index (Phi) is 4.38. The van der Waals surface area contributed by atoms with Crippen molar-refractivity contribution in [2.75, 3.05) is 17.6 Å². The van der Waals surface area contributed by atoms with Crippen molar-refractivity contribution in [3.63, 3.8) is 0 Å². The van der Waals surface area contributed by atoms with Crippen molar-refractivity contribution >= 4 is 27.0 Å². The van der Waals surface area contributed by atoms with E-state index >= 15 is 0 Å². The van der Waals surface area contributed by atoms with Gasteiger partial charge in [-0.2, -0.15) is 0 Å². The van der Waals surface area contributed by atoms with Crippen LogP contribution in [0.3, 0.4) is 0 Å². The van der Waals surface area contributed by atoms with Crippen LogP contribution in [0.2, 0.25) is 0 Å². The summed E-state index contributed by atoms with van der Waals surface area (Å²) in [6.07, 6.45) is 1.16. The SMILES string of the molecule is CN(c1ccc(-c2csc(-c3cccc(F)c3)n2)cc1)S(C)(=O)=O. The lowest BCUT2D eigenvalue weighted by molar-refractivity contribution is 0.600. The van der Waals surface area contributed by atoms with E-state index < -0.39 is 10.0 Å². The third-order valence-corrected chi connectivity index (χ3v) is 5.70. The van der Waals surface area contributed by atoms with E-state index in [1.807, 2.05) is 23.6 Å². The monoisotopic (exact) mass is 362 g/mol. The lowest BCUT2D eigenvalue weighted by Gasteiger charge is -2.16. The first kappa shape index (κ1) is 16.6. The standard InChI is InChI=1S/C17H15FN2O2S2/c1-20(24(2,21)22)15-8-6-12(7-9-15)16-11-23-17(19-16)13-4-3-5-14(18)10-13/h3-11H,1-2H3. The van der Waals surface area contributed by atoms with E-state index in [9.17, 15) is 12.8 Å². The summed E-state index contributed by atoms with van der Waals surface area (Å²) in [6, 6.07) is 13.4. The highest BCUT2D eigenvalue weighted by Gasteiger charge is 2.12. The minimum Gasteiger partial charge on any atom is -0.274 e. The molecule has 0 aliphatic carbocycles. The maximum atomic E-state index is 13.3. The third kappa shape index (κ3) is 3.47. The molecule has 0 N–H and O–H groups in total. The number of hydrogen-bond donors (Lipinski definition) is 0. The maximum absolute atomic E-state index is 13.3. The average Bonchev–Trinajstić information content (AvgIpc) is 3.03. The molecule has 0 atom stereocenters. The Balaban J connectivity index is 1.88. The maximum Gasteiger partial charge on any atom is 0.231 e. The van der Waals surface area contributed by atoms with Gasteiger partial charge in [-0.1, -0.05) is 24.3 Å². The first-order valence-corrected chi connectivity index (χ1v) is 9.83. The van der Waals surface area contributed by atoms with E-state index in [1.54, 1.807) is 18.2 Å². The molecule has 0 fully saturated rings. The fraction of sp³-hybridized carbons (Fsp3) is 0.118. The predicted molar refractivity (Wildman–Crippen MR) is 96.2 cm³/mol. The Morgan fingerprint density at radius 2 is 1.79 bits per heavy atom. The molecule has 3 rings (SSSR count). The number of halogens is 1. The lowest BCUT2D eigenvalue weighted by atomic mass is 10.1. The van der Waals surface area contributed by atoms with E-state index in [0.29, 0.717) is 5.69 Å². The van der Waals surface area contributed by atoms with Gasteiger partial charge in [-0.25, -0.2) is 17.8 Å². The van der Waals surface area contributed by atoms with Gasteiger partial charge in [-0.3, -0.25) is 4.31 Å². The van der Waals surface area contributed by atoms with E-state index in [0.717, 1.165) is 28.1 Å². The zero-order chi connectivity index (χ0) is 17.3. The fourth-order valence-corrected chi connectivity index (χ4v) is 3.52. The Morgan fingerprint density at radius 1 is 1.08 bits per heavy atom.